The number of hydrogen-bond donors (Lipinski definition) is 2. The van der Waals surface area contributed by atoms with Crippen LogP contribution in [0, 0.1) is 18.8 Å². The van der Waals surface area contributed by atoms with Crippen molar-refractivity contribution in [1.82, 2.24) is 24.4 Å². The number of nitrogens with zero attached hydrogens (tertiary/aromatic N) is 5. The second-order valence-corrected chi connectivity index (χ2v) is 13.8. The van der Waals surface area contributed by atoms with Crippen LogP contribution in [0.1, 0.15) is 63.6 Å². The number of aldehydes is 1. The molecule has 1 aliphatic carbocycles. The lowest BCUT2D eigenvalue weighted by molar-refractivity contribution is -0.146. The molecule has 1 fully saturated rings. The summed E-state index contributed by atoms with van der Waals surface area (Å²) < 4.78 is 6.85. The van der Waals surface area contributed by atoms with Gasteiger partial charge in [0, 0.05) is 73.4 Å². The van der Waals surface area contributed by atoms with Crippen molar-refractivity contribution < 1.29 is 19.1 Å². The van der Waals surface area contributed by atoms with E-state index >= 15 is 0 Å². The van der Waals surface area contributed by atoms with Gasteiger partial charge in [-0.3, -0.25) is 24.3 Å². The summed E-state index contributed by atoms with van der Waals surface area (Å²) in [5, 5.41) is 7.65. The van der Waals surface area contributed by atoms with E-state index in [0.29, 0.717) is 45.9 Å². The molecule has 0 spiro atoms. The van der Waals surface area contributed by atoms with Crippen LogP contribution in [0.25, 0.3) is 22.0 Å². The monoisotopic (exact) mass is 705 g/mol. The van der Waals surface area contributed by atoms with Crippen molar-refractivity contribution in [3.63, 3.8) is 0 Å². The number of amides is 1. The van der Waals surface area contributed by atoms with Crippen molar-refractivity contribution in [3.8, 4) is 11.1 Å². The summed E-state index contributed by atoms with van der Waals surface area (Å²) in [6.45, 7) is 4.55. The standard InChI is InChI=1S/C39H40ClN7O4/c1-23-28(6-4-8-30(23)43-36-35-27(14-16-41-36)18-25(22-48)19-42-35)29-7-5-9-31(34(29)40)45-38(49)37-44-32-21-47(17-15-33(32)46(37)2)20-24-10-12-26(13-11-24)39(50)51-3/h4-9,14,16,18-19,22,24,26H,10-13,15,17,20-21H2,1-3H3,(H,41,43)(H,45,49). The number of benzene rings is 2. The highest BCUT2D eigenvalue weighted by Crippen LogP contribution is 2.39. The van der Waals surface area contributed by atoms with Gasteiger partial charge < -0.3 is 19.9 Å². The number of pyridine rings is 2. The van der Waals surface area contributed by atoms with Crippen LogP contribution in [0.4, 0.5) is 17.2 Å². The van der Waals surface area contributed by atoms with Gasteiger partial charge in [-0.15, -0.1) is 0 Å². The molecule has 5 aromatic rings. The fraction of sp³-hybridized carbons (Fsp3) is 0.333. The van der Waals surface area contributed by atoms with Gasteiger partial charge in [-0.25, -0.2) is 9.97 Å². The van der Waals surface area contributed by atoms with Gasteiger partial charge in [-0.05, 0) is 73.9 Å². The highest BCUT2D eigenvalue weighted by atomic mass is 35.5. The Balaban J connectivity index is 1.05. The van der Waals surface area contributed by atoms with Crippen LogP contribution >= 0.6 is 11.6 Å². The molecule has 1 amide bonds. The van der Waals surface area contributed by atoms with Gasteiger partial charge in [-0.2, -0.15) is 0 Å². The minimum atomic E-state index is -0.321. The molecule has 0 bridgehead atoms. The van der Waals surface area contributed by atoms with Crippen LogP contribution in [0.3, 0.4) is 0 Å². The summed E-state index contributed by atoms with van der Waals surface area (Å²) in [5.41, 5.74) is 7.06. The number of carbonyl (C=O) groups excluding carboxylic acids is 3. The summed E-state index contributed by atoms with van der Waals surface area (Å²) >= 11 is 7.01. The Kier molecular flexibility index (Phi) is 9.84. The van der Waals surface area contributed by atoms with Crippen LogP contribution < -0.4 is 10.6 Å². The molecule has 0 saturated heterocycles. The number of fused-ring (bicyclic) bond motifs is 2. The third kappa shape index (κ3) is 6.96. The molecule has 4 heterocycles. The van der Waals surface area contributed by atoms with Crippen molar-refractivity contribution in [3.05, 3.63) is 94.3 Å². The first-order valence-electron chi connectivity index (χ1n) is 17.3. The lowest BCUT2D eigenvalue weighted by Gasteiger charge is -2.33. The zero-order valence-electron chi connectivity index (χ0n) is 28.9. The Morgan fingerprint density at radius 2 is 1.80 bits per heavy atom. The number of esters is 1. The quantitative estimate of drug-likeness (QED) is 0.121. The largest absolute Gasteiger partial charge is 0.469 e. The normalized spacial score (nSPS) is 17.5. The van der Waals surface area contributed by atoms with Gasteiger partial charge >= 0.3 is 5.97 Å². The van der Waals surface area contributed by atoms with Crippen molar-refractivity contribution in [2.75, 3.05) is 30.8 Å². The number of methoxy groups -OCH3 is 1. The lowest BCUT2D eigenvalue weighted by atomic mass is 9.81. The summed E-state index contributed by atoms with van der Waals surface area (Å²) in [4.78, 5) is 53.1. The fourth-order valence-electron chi connectivity index (χ4n) is 7.49. The minimum Gasteiger partial charge on any atom is -0.469 e. The third-order valence-corrected chi connectivity index (χ3v) is 10.7. The minimum absolute atomic E-state index is 0.0212. The van der Waals surface area contributed by atoms with E-state index in [0.717, 1.165) is 90.6 Å². The second-order valence-electron chi connectivity index (χ2n) is 13.5. The number of halogens is 1. The Labute approximate surface area is 301 Å². The highest BCUT2D eigenvalue weighted by molar-refractivity contribution is 6.36. The number of ether oxygens (including phenoxy) is 1. The third-order valence-electron chi connectivity index (χ3n) is 10.3. The molecule has 1 saturated carbocycles. The summed E-state index contributed by atoms with van der Waals surface area (Å²) in [6, 6.07) is 15.1. The Morgan fingerprint density at radius 1 is 1.04 bits per heavy atom. The molecule has 1 aliphatic heterocycles. The smallest absolute Gasteiger partial charge is 0.308 e. The zero-order valence-corrected chi connectivity index (χ0v) is 29.7. The van der Waals surface area contributed by atoms with Crippen LogP contribution in [0.15, 0.2) is 60.9 Å². The van der Waals surface area contributed by atoms with E-state index in [2.05, 4.69) is 25.5 Å². The second kappa shape index (κ2) is 14.6. The van der Waals surface area contributed by atoms with E-state index in [1.807, 2.05) is 54.9 Å². The predicted molar refractivity (Wildman–Crippen MR) is 197 cm³/mol. The maximum Gasteiger partial charge on any atom is 0.308 e. The Morgan fingerprint density at radius 3 is 2.57 bits per heavy atom. The average Bonchev–Trinajstić information content (AvgIpc) is 3.48. The number of hydrogen-bond acceptors (Lipinski definition) is 9. The molecule has 0 unspecified atom stereocenters. The number of anilines is 3. The molecule has 262 valence electrons. The molecule has 51 heavy (non-hydrogen) atoms. The van der Waals surface area contributed by atoms with E-state index < -0.39 is 0 Å². The van der Waals surface area contributed by atoms with E-state index in [1.165, 1.54) is 13.3 Å². The number of rotatable bonds is 9. The number of imidazole rings is 1. The van der Waals surface area contributed by atoms with E-state index in [4.69, 9.17) is 21.3 Å². The first kappa shape index (κ1) is 34.3. The molecule has 2 N–H and O–H groups in total. The van der Waals surface area contributed by atoms with Crippen molar-refractivity contribution in [2.24, 2.45) is 18.9 Å². The van der Waals surface area contributed by atoms with Gasteiger partial charge in [0.2, 0.25) is 0 Å². The first-order valence-corrected chi connectivity index (χ1v) is 17.6. The SMILES string of the molecule is COC(=O)C1CCC(CN2CCc3c(nc(C(=O)Nc4cccc(-c5cccc(Nc6nccc7cc(C=O)cnc67)c5C)c4Cl)n3C)C2)CC1. The van der Waals surface area contributed by atoms with Crippen LogP contribution in [-0.2, 0) is 29.5 Å². The van der Waals surface area contributed by atoms with Crippen LogP contribution in [0.5, 0.6) is 0 Å². The molecule has 11 nitrogen and oxygen atoms in total. The van der Waals surface area contributed by atoms with Crippen molar-refractivity contribution in [1.29, 1.82) is 0 Å². The molecular formula is C39H40ClN7O4. The van der Waals surface area contributed by atoms with Gasteiger partial charge in [0.05, 0.1) is 29.4 Å². The molecule has 12 heteroatoms. The fourth-order valence-corrected chi connectivity index (χ4v) is 7.77. The summed E-state index contributed by atoms with van der Waals surface area (Å²) in [7, 11) is 3.36. The topological polar surface area (TPSA) is 131 Å². The maximum atomic E-state index is 13.7. The van der Waals surface area contributed by atoms with Crippen LogP contribution in [-0.4, -0.2) is 62.8 Å². The molecule has 2 aromatic carbocycles. The van der Waals surface area contributed by atoms with Gasteiger partial charge in [-0.1, -0.05) is 35.9 Å². The van der Waals surface area contributed by atoms with Gasteiger partial charge in [0.25, 0.3) is 5.91 Å². The Hall–Kier alpha value is -5.13. The number of carbonyl (C=O) groups is 3. The lowest BCUT2D eigenvalue weighted by Crippen LogP contribution is -2.36. The molecule has 3 aromatic heterocycles. The Bertz CT molecular complexity index is 2140. The van der Waals surface area contributed by atoms with E-state index in [-0.39, 0.29) is 17.8 Å². The number of aromatic nitrogens is 4. The first-order chi connectivity index (χ1) is 24.7. The zero-order chi connectivity index (χ0) is 35.6. The summed E-state index contributed by atoms with van der Waals surface area (Å²) in [6.07, 6.45) is 8.58. The van der Waals surface area contributed by atoms with E-state index in [1.54, 1.807) is 18.3 Å². The molecule has 2 aliphatic rings. The van der Waals surface area contributed by atoms with Crippen molar-refractivity contribution >= 4 is 57.9 Å². The highest BCUT2D eigenvalue weighted by Gasteiger charge is 2.31. The maximum absolute atomic E-state index is 13.7. The van der Waals surface area contributed by atoms with E-state index in [9.17, 15) is 14.4 Å². The molecule has 0 atom stereocenters. The number of nitrogens with one attached hydrogen (secondary N) is 2. The molecule has 7 rings (SSSR count). The average molecular weight is 706 g/mol. The predicted octanol–water partition coefficient (Wildman–Crippen LogP) is 7.14. The van der Waals surface area contributed by atoms with Gasteiger partial charge in [0.15, 0.2) is 17.9 Å². The van der Waals surface area contributed by atoms with Crippen LogP contribution in [0.2, 0.25) is 5.02 Å². The molecule has 0 radical (unpaired) electrons. The van der Waals surface area contributed by atoms with Crippen molar-refractivity contribution in [2.45, 2.75) is 45.6 Å². The molecular weight excluding hydrogens is 666 g/mol. The van der Waals surface area contributed by atoms with Gasteiger partial charge in [0.1, 0.15) is 5.52 Å². The summed E-state index contributed by atoms with van der Waals surface area (Å²) in [5.74, 6) is 1.07.